The van der Waals surface area contributed by atoms with Crippen molar-refractivity contribution in [2.75, 3.05) is 11.1 Å². The van der Waals surface area contributed by atoms with Crippen molar-refractivity contribution in [1.29, 1.82) is 0 Å². The van der Waals surface area contributed by atoms with Crippen LogP contribution in [0.3, 0.4) is 0 Å². The summed E-state index contributed by atoms with van der Waals surface area (Å²) in [5.41, 5.74) is 0.845. The first-order valence-corrected chi connectivity index (χ1v) is 8.59. The molecule has 1 aromatic heterocycles. The Morgan fingerprint density at radius 3 is 3.00 bits per heavy atom. The Balaban J connectivity index is 1.58. The minimum Gasteiger partial charge on any atom is -0.467 e. The van der Waals surface area contributed by atoms with Crippen LogP contribution in [-0.4, -0.2) is 29.6 Å². The summed E-state index contributed by atoms with van der Waals surface area (Å²) in [5, 5.41) is 5.34. The van der Waals surface area contributed by atoms with Gasteiger partial charge in [0.15, 0.2) is 6.10 Å². The molecule has 1 aliphatic rings. The molecule has 0 bridgehead atoms. The van der Waals surface area contributed by atoms with Gasteiger partial charge in [-0.05, 0) is 37.3 Å². The van der Waals surface area contributed by atoms with E-state index in [-0.39, 0.29) is 18.0 Å². The molecule has 2 heterocycles. The number of furan rings is 1. The van der Waals surface area contributed by atoms with Crippen molar-refractivity contribution in [3.63, 3.8) is 0 Å². The standard InChI is InChI=1S/C17H16N2O5S/c1-10(16(21)18-8-12-3-2-6-23-12)24-17(22)11-4-5-14-13(7-11)19-15(20)9-25-14/h2-7,10H,8-9H2,1H3,(H,18,21)(H,19,20)/t10-/m0/s1. The Morgan fingerprint density at radius 2 is 2.24 bits per heavy atom. The van der Waals surface area contributed by atoms with Gasteiger partial charge in [0.2, 0.25) is 5.91 Å². The average molecular weight is 360 g/mol. The molecule has 2 N–H and O–H groups in total. The highest BCUT2D eigenvalue weighted by Crippen LogP contribution is 2.32. The minimum absolute atomic E-state index is 0.117. The summed E-state index contributed by atoms with van der Waals surface area (Å²) in [6.45, 7) is 1.71. The second-order valence-corrected chi connectivity index (χ2v) is 6.41. The topological polar surface area (TPSA) is 97.6 Å². The number of thioether (sulfide) groups is 1. The predicted molar refractivity (Wildman–Crippen MR) is 91.2 cm³/mol. The SMILES string of the molecule is C[C@H](OC(=O)c1ccc2c(c1)NC(=O)CS2)C(=O)NCc1ccco1. The zero-order chi connectivity index (χ0) is 17.8. The Morgan fingerprint density at radius 1 is 1.40 bits per heavy atom. The predicted octanol–water partition coefficient (Wildman–Crippen LogP) is 2.19. The molecule has 1 atom stereocenters. The number of ether oxygens (including phenoxy) is 1. The van der Waals surface area contributed by atoms with Crippen LogP contribution in [0.15, 0.2) is 45.9 Å². The number of hydrogen-bond donors (Lipinski definition) is 2. The van der Waals surface area contributed by atoms with Crippen LogP contribution in [0.25, 0.3) is 0 Å². The fourth-order valence-electron chi connectivity index (χ4n) is 2.22. The highest BCUT2D eigenvalue weighted by atomic mass is 32.2. The van der Waals surface area contributed by atoms with Gasteiger partial charge in [0.25, 0.3) is 5.91 Å². The normalized spacial score (nSPS) is 14.2. The first-order chi connectivity index (χ1) is 12.0. The average Bonchev–Trinajstić information content (AvgIpc) is 3.12. The molecule has 1 aromatic carbocycles. The number of amides is 2. The second-order valence-electron chi connectivity index (χ2n) is 5.39. The third-order valence-electron chi connectivity index (χ3n) is 3.52. The van der Waals surface area contributed by atoms with Crippen LogP contribution in [0.5, 0.6) is 0 Å². The van der Waals surface area contributed by atoms with E-state index in [1.807, 2.05) is 0 Å². The lowest BCUT2D eigenvalue weighted by Gasteiger charge is -2.17. The van der Waals surface area contributed by atoms with E-state index in [1.165, 1.54) is 24.9 Å². The van der Waals surface area contributed by atoms with Gasteiger partial charge in [0.05, 0.1) is 29.8 Å². The van der Waals surface area contributed by atoms with Crippen LogP contribution >= 0.6 is 11.8 Å². The van der Waals surface area contributed by atoms with E-state index in [0.717, 1.165) is 4.90 Å². The van der Waals surface area contributed by atoms with E-state index in [1.54, 1.807) is 30.3 Å². The van der Waals surface area contributed by atoms with Gasteiger partial charge in [-0.1, -0.05) is 0 Å². The van der Waals surface area contributed by atoms with Gasteiger partial charge in [-0.15, -0.1) is 11.8 Å². The fraction of sp³-hybridized carbons (Fsp3) is 0.235. The van der Waals surface area contributed by atoms with Crippen LogP contribution < -0.4 is 10.6 Å². The molecule has 2 amide bonds. The van der Waals surface area contributed by atoms with E-state index in [9.17, 15) is 14.4 Å². The lowest BCUT2D eigenvalue weighted by atomic mass is 10.2. The summed E-state index contributed by atoms with van der Waals surface area (Å²) in [6, 6.07) is 8.36. The lowest BCUT2D eigenvalue weighted by Crippen LogP contribution is -2.35. The second kappa shape index (κ2) is 7.43. The van der Waals surface area contributed by atoms with Crippen molar-refractivity contribution in [1.82, 2.24) is 5.32 Å². The molecule has 8 heteroatoms. The number of fused-ring (bicyclic) bond motifs is 1. The highest BCUT2D eigenvalue weighted by molar-refractivity contribution is 8.00. The van der Waals surface area contributed by atoms with E-state index in [0.29, 0.717) is 17.2 Å². The molecular formula is C17H16N2O5S. The van der Waals surface area contributed by atoms with Gasteiger partial charge >= 0.3 is 5.97 Å². The number of anilines is 1. The number of carbonyl (C=O) groups excluding carboxylic acids is 3. The Hall–Kier alpha value is -2.74. The summed E-state index contributed by atoms with van der Waals surface area (Å²) >= 11 is 1.40. The fourth-order valence-corrected chi connectivity index (χ4v) is 3.01. The van der Waals surface area contributed by atoms with Crippen molar-refractivity contribution in [2.45, 2.75) is 24.5 Å². The van der Waals surface area contributed by atoms with E-state index in [4.69, 9.17) is 9.15 Å². The van der Waals surface area contributed by atoms with Crippen LogP contribution in [0.1, 0.15) is 23.0 Å². The van der Waals surface area contributed by atoms with Gasteiger partial charge < -0.3 is 19.8 Å². The highest BCUT2D eigenvalue weighted by Gasteiger charge is 2.21. The number of esters is 1. The van der Waals surface area contributed by atoms with Crippen molar-refractivity contribution < 1.29 is 23.5 Å². The smallest absolute Gasteiger partial charge is 0.338 e. The zero-order valence-electron chi connectivity index (χ0n) is 13.4. The molecule has 3 rings (SSSR count). The molecule has 7 nitrogen and oxygen atoms in total. The van der Waals surface area contributed by atoms with E-state index >= 15 is 0 Å². The van der Waals surface area contributed by atoms with Gasteiger partial charge in [-0.3, -0.25) is 9.59 Å². The van der Waals surface area contributed by atoms with Gasteiger partial charge in [0.1, 0.15) is 5.76 Å². The first kappa shape index (κ1) is 17.1. The summed E-state index contributed by atoms with van der Waals surface area (Å²) in [5.74, 6) is -0.215. The third-order valence-corrected chi connectivity index (χ3v) is 4.59. The molecule has 0 spiro atoms. The van der Waals surface area contributed by atoms with Crippen molar-refractivity contribution in [2.24, 2.45) is 0 Å². The van der Waals surface area contributed by atoms with E-state index in [2.05, 4.69) is 10.6 Å². The van der Waals surface area contributed by atoms with Gasteiger partial charge in [0, 0.05) is 4.90 Å². The largest absolute Gasteiger partial charge is 0.467 e. The third kappa shape index (κ3) is 4.21. The number of nitrogens with one attached hydrogen (secondary N) is 2. The molecule has 1 aliphatic heterocycles. The molecule has 0 unspecified atom stereocenters. The molecule has 0 radical (unpaired) electrons. The van der Waals surface area contributed by atoms with Crippen molar-refractivity contribution in [3.05, 3.63) is 47.9 Å². The summed E-state index contributed by atoms with van der Waals surface area (Å²) in [4.78, 5) is 36.5. The zero-order valence-corrected chi connectivity index (χ0v) is 14.2. The quantitative estimate of drug-likeness (QED) is 0.793. The van der Waals surface area contributed by atoms with Gasteiger partial charge in [-0.25, -0.2) is 4.79 Å². The van der Waals surface area contributed by atoms with Crippen LogP contribution in [0, 0.1) is 0 Å². The molecule has 0 fully saturated rings. The molecule has 25 heavy (non-hydrogen) atoms. The maximum absolute atomic E-state index is 12.2. The minimum atomic E-state index is -0.956. The number of benzene rings is 1. The number of carbonyl (C=O) groups is 3. The number of rotatable bonds is 5. The molecule has 130 valence electrons. The summed E-state index contributed by atoms with van der Waals surface area (Å²) in [7, 11) is 0. The Labute approximate surface area is 148 Å². The maximum atomic E-state index is 12.2. The molecule has 0 aliphatic carbocycles. The van der Waals surface area contributed by atoms with Crippen molar-refractivity contribution >= 4 is 35.2 Å². The molecular weight excluding hydrogens is 344 g/mol. The van der Waals surface area contributed by atoms with Gasteiger partial charge in [-0.2, -0.15) is 0 Å². The summed E-state index contributed by atoms with van der Waals surface area (Å²) < 4.78 is 10.3. The maximum Gasteiger partial charge on any atom is 0.338 e. The first-order valence-electron chi connectivity index (χ1n) is 7.60. The van der Waals surface area contributed by atoms with Crippen LogP contribution in [-0.2, 0) is 20.9 Å². The molecule has 2 aromatic rings. The Kier molecular flexibility index (Phi) is 5.08. The van der Waals surface area contributed by atoms with Crippen LogP contribution in [0.4, 0.5) is 5.69 Å². The van der Waals surface area contributed by atoms with Crippen molar-refractivity contribution in [3.8, 4) is 0 Å². The van der Waals surface area contributed by atoms with E-state index < -0.39 is 18.0 Å². The Bertz CT molecular complexity index is 803. The van der Waals surface area contributed by atoms with Crippen LogP contribution in [0.2, 0.25) is 0 Å². The number of hydrogen-bond acceptors (Lipinski definition) is 6. The molecule has 0 saturated carbocycles. The monoisotopic (exact) mass is 360 g/mol. The molecule has 0 saturated heterocycles. The lowest BCUT2D eigenvalue weighted by molar-refractivity contribution is -0.129. The summed E-state index contributed by atoms with van der Waals surface area (Å²) in [6.07, 6.45) is 0.556.